The Hall–Kier alpha value is -1.00. The van der Waals surface area contributed by atoms with Crippen LogP contribution in [-0.4, -0.2) is 15.0 Å². The van der Waals surface area contributed by atoms with Crippen LogP contribution in [0.5, 0.6) is 0 Å². The first kappa shape index (κ1) is 8.59. The average molecular weight is 212 g/mol. The maximum Gasteiger partial charge on any atom is 0.148 e. The zero-order valence-electron chi connectivity index (χ0n) is 6.86. The Kier molecular flexibility index (Phi) is 2.24. The van der Waals surface area contributed by atoms with Crippen LogP contribution < -0.4 is 0 Å². The number of thiazole rings is 1. The molecule has 0 aliphatic carbocycles. The van der Waals surface area contributed by atoms with Gasteiger partial charge in [-0.1, -0.05) is 11.6 Å². The predicted octanol–water partition coefficient (Wildman–Crippen LogP) is 2.56. The van der Waals surface area contributed by atoms with Crippen molar-refractivity contribution in [3.05, 3.63) is 28.8 Å². The van der Waals surface area contributed by atoms with Crippen LogP contribution in [-0.2, 0) is 0 Å². The highest BCUT2D eigenvalue weighted by atomic mass is 35.5. The zero-order chi connectivity index (χ0) is 9.26. The standard InChI is InChI=1S/C8H6ClN3S/c1-5-11-3-7(13-5)6-2-10-4-8(9)12-6/h2-4H,1H3. The lowest BCUT2D eigenvalue weighted by Gasteiger charge is -1.93. The van der Waals surface area contributed by atoms with Crippen LogP contribution in [0.1, 0.15) is 5.01 Å². The van der Waals surface area contributed by atoms with E-state index in [-0.39, 0.29) is 0 Å². The third-order valence-electron chi connectivity index (χ3n) is 1.48. The van der Waals surface area contributed by atoms with E-state index in [0.29, 0.717) is 5.15 Å². The quantitative estimate of drug-likeness (QED) is 0.728. The molecular weight excluding hydrogens is 206 g/mol. The highest BCUT2D eigenvalue weighted by Crippen LogP contribution is 2.23. The minimum atomic E-state index is 0.406. The van der Waals surface area contributed by atoms with E-state index in [9.17, 15) is 0 Å². The van der Waals surface area contributed by atoms with Crippen molar-refractivity contribution in [2.24, 2.45) is 0 Å². The molecule has 0 amide bonds. The summed E-state index contributed by atoms with van der Waals surface area (Å²) in [5.74, 6) is 0. The Bertz CT molecular complexity index is 427. The predicted molar refractivity (Wildman–Crippen MR) is 52.9 cm³/mol. The molecular formula is C8H6ClN3S. The van der Waals surface area contributed by atoms with Gasteiger partial charge in [0, 0.05) is 6.20 Å². The second-order valence-electron chi connectivity index (χ2n) is 2.47. The average Bonchev–Trinajstić information content (AvgIpc) is 2.52. The summed E-state index contributed by atoms with van der Waals surface area (Å²) in [6.07, 6.45) is 4.97. The van der Waals surface area contributed by atoms with Gasteiger partial charge in [0.1, 0.15) is 10.8 Å². The van der Waals surface area contributed by atoms with Crippen molar-refractivity contribution in [3.8, 4) is 10.6 Å². The molecule has 2 rings (SSSR count). The molecule has 2 aromatic heterocycles. The van der Waals surface area contributed by atoms with E-state index >= 15 is 0 Å². The van der Waals surface area contributed by atoms with Crippen molar-refractivity contribution in [3.63, 3.8) is 0 Å². The van der Waals surface area contributed by atoms with E-state index in [0.717, 1.165) is 15.6 Å². The third-order valence-corrected chi connectivity index (χ3v) is 2.60. The van der Waals surface area contributed by atoms with Crippen LogP contribution in [0.25, 0.3) is 10.6 Å². The van der Waals surface area contributed by atoms with E-state index in [1.807, 2.05) is 6.92 Å². The normalized spacial score (nSPS) is 10.3. The summed E-state index contributed by atoms with van der Waals surface area (Å²) in [4.78, 5) is 13.2. The Morgan fingerprint density at radius 3 is 2.77 bits per heavy atom. The fourth-order valence-corrected chi connectivity index (χ4v) is 1.82. The zero-order valence-corrected chi connectivity index (χ0v) is 8.43. The van der Waals surface area contributed by atoms with Crippen molar-refractivity contribution in [1.29, 1.82) is 0 Å². The first-order chi connectivity index (χ1) is 6.25. The number of hydrogen-bond donors (Lipinski definition) is 0. The highest BCUT2D eigenvalue weighted by molar-refractivity contribution is 7.15. The molecule has 0 aromatic carbocycles. The van der Waals surface area contributed by atoms with Crippen LogP contribution in [0.4, 0.5) is 0 Å². The first-order valence-corrected chi connectivity index (χ1v) is 4.85. The van der Waals surface area contributed by atoms with Crippen LogP contribution in [0.2, 0.25) is 5.15 Å². The second kappa shape index (κ2) is 3.40. The fraction of sp³-hybridized carbons (Fsp3) is 0.125. The van der Waals surface area contributed by atoms with Crippen molar-refractivity contribution < 1.29 is 0 Å². The van der Waals surface area contributed by atoms with Crippen LogP contribution in [0.3, 0.4) is 0 Å². The molecule has 2 aromatic rings. The number of hydrogen-bond acceptors (Lipinski definition) is 4. The van der Waals surface area contributed by atoms with Gasteiger partial charge >= 0.3 is 0 Å². The summed E-state index contributed by atoms with van der Waals surface area (Å²) >= 11 is 7.29. The number of aryl methyl sites for hydroxylation is 1. The summed E-state index contributed by atoms with van der Waals surface area (Å²) in [5, 5.41) is 1.42. The number of halogens is 1. The smallest absolute Gasteiger partial charge is 0.148 e. The van der Waals surface area contributed by atoms with Gasteiger partial charge in [0.25, 0.3) is 0 Å². The molecule has 0 aliphatic rings. The van der Waals surface area contributed by atoms with Gasteiger partial charge in [0.15, 0.2) is 0 Å². The van der Waals surface area contributed by atoms with E-state index < -0.39 is 0 Å². The summed E-state index contributed by atoms with van der Waals surface area (Å²) in [6, 6.07) is 0. The minimum Gasteiger partial charge on any atom is -0.259 e. The van der Waals surface area contributed by atoms with Gasteiger partial charge in [-0.25, -0.2) is 9.97 Å². The van der Waals surface area contributed by atoms with Crippen molar-refractivity contribution >= 4 is 22.9 Å². The van der Waals surface area contributed by atoms with E-state index in [2.05, 4.69) is 15.0 Å². The minimum absolute atomic E-state index is 0.406. The maximum absolute atomic E-state index is 5.71. The summed E-state index contributed by atoms with van der Waals surface area (Å²) < 4.78 is 0. The summed E-state index contributed by atoms with van der Waals surface area (Å²) in [7, 11) is 0. The van der Waals surface area contributed by atoms with Gasteiger partial charge in [0.2, 0.25) is 0 Å². The lowest BCUT2D eigenvalue weighted by atomic mass is 10.4. The van der Waals surface area contributed by atoms with Gasteiger partial charge in [-0.3, -0.25) is 4.98 Å². The van der Waals surface area contributed by atoms with E-state index in [1.165, 1.54) is 6.20 Å². The number of aromatic nitrogens is 3. The van der Waals surface area contributed by atoms with E-state index in [4.69, 9.17) is 11.6 Å². The molecule has 0 N–H and O–H groups in total. The maximum atomic E-state index is 5.71. The van der Waals surface area contributed by atoms with Crippen molar-refractivity contribution in [1.82, 2.24) is 15.0 Å². The van der Waals surface area contributed by atoms with E-state index in [1.54, 1.807) is 23.7 Å². The Morgan fingerprint density at radius 2 is 2.15 bits per heavy atom. The monoisotopic (exact) mass is 211 g/mol. The Morgan fingerprint density at radius 1 is 1.31 bits per heavy atom. The van der Waals surface area contributed by atoms with Gasteiger partial charge in [0.05, 0.1) is 22.3 Å². The molecule has 13 heavy (non-hydrogen) atoms. The largest absolute Gasteiger partial charge is 0.259 e. The highest BCUT2D eigenvalue weighted by Gasteiger charge is 2.03. The molecule has 0 unspecified atom stereocenters. The lowest BCUT2D eigenvalue weighted by Crippen LogP contribution is -1.82. The van der Waals surface area contributed by atoms with Crippen molar-refractivity contribution in [2.45, 2.75) is 6.92 Å². The summed E-state index contributed by atoms with van der Waals surface area (Å²) in [6.45, 7) is 1.95. The molecule has 0 saturated carbocycles. The van der Waals surface area contributed by atoms with Crippen LogP contribution >= 0.6 is 22.9 Å². The third kappa shape index (κ3) is 1.84. The Labute approximate surface area is 84.5 Å². The lowest BCUT2D eigenvalue weighted by molar-refractivity contribution is 1.21. The van der Waals surface area contributed by atoms with Gasteiger partial charge in [-0.2, -0.15) is 0 Å². The molecule has 3 nitrogen and oxygen atoms in total. The first-order valence-electron chi connectivity index (χ1n) is 3.66. The molecule has 0 saturated heterocycles. The van der Waals surface area contributed by atoms with Gasteiger partial charge < -0.3 is 0 Å². The van der Waals surface area contributed by atoms with Gasteiger partial charge in [-0.15, -0.1) is 11.3 Å². The number of nitrogens with zero attached hydrogens (tertiary/aromatic N) is 3. The summed E-state index contributed by atoms with van der Waals surface area (Å²) in [5.41, 5.74) is 0.776. The molecule has 2 heterocycles. The molecule has 0 atom stereocenters. The van der Waals surface area contributed by atoms with Crippen LogP contribution in [0, 0.1) is 6.92 Å². The molecule has 5 heteroatoms. The SMILES string of the molecule is Cc1ncc(-c2cncc(Cl)n2)s1. The second-order valence-corrected chi connectivity index (χ2v) is 4.09. The topological polar surface area (TPSA) is 38.7 Å². The molecule has 0 spiro atoms. The molecule has 0 bridgehead atoms. The number of rotatable bonds is 1. The molecule has 0 radical (unpaired) electrons. The molecule has 0 fully saturated rings. The Balaban J connectivity index is 2.46. The van der Waals surface area contributed by atoms with Crippen molar-refractivity contribution in [2.75, 3.05) is 0 Å². The van der Waals surface area contributed by atoms with Gasteiger partial charge in [-0.05, 0) is 6.92 Å². The molecule has 66 valence electrons. The molecule has 0 aliphatic heterocycles. The van der Waals surface area contributed by atoms with Crippen LogP contribution in [0.15, 0.2) is 18.6 Å². The fourth-order valence-electron chi connectivity index (χ4n) is 0.941.